The number of piperidine rings is 1. The van der Waals surface area contributed by atoms with Crippen molar-refractivity contribution < 1.29 is 27.9 Å². The molecule has 12 heteroatoms. The smallest absolute Gasteiger partial charge is 0.433 e. The van der Waals surface area contributed by atoms with Crippen molar-refractivity contribution in [3.63, 3.8) is 0 Å². The van der Waals surface area contributed by atoms with Gasteiger partial charge in [0.05, 0.1) is 12.2 Å². The van der Waals surface area contributed by atoms with Gasteiger partial charge in [-0.3, -0.25) is 9.48 Å². The maximum absolute atomic E-state index is 13.9. The second kappa shape index (κ2) is 11.7. The zero-order valence-corrected chi connectivity index (χ0v) is 24.3. The van der Waals surface area contributed by atoms with E-state index in [9.17, 15) is 27.9 Å². The highest BCUT2D eigenvalue weighted by atomic mass is 35.5. The first-order valence-corrected chi connectivity index (χ1v) is 15.0. The number of piperazine rings is 1. The van der Waals surface area contributed by atoms with E-state index in [1.54, 1.807) is 6.07 Å². The number of rotatable bonds is 6. The van der Waals surface area contributed by atoms with Gasteiger partial charge >= 0.3 is 12.1 Å². The lowest BCUT2D eigenvalue weighted by Crippen LogP contribution is -2.51. The summed E-state index contributed by atoms with van der Waals surface area (Å²) in [6.07, 6.45) is 0.127. The number of alkyl halides is 3. The molecule has 0 bridgehead atoms. The number of carbonyl (C=O) groups excluding carboxylic acids is 1. The molecule has 2 saturated heterocycles. The molecule has 8 nitrogen and oxygen atoms in total. The molecule has 228 valence electrons. The molecular weight excluding hydrogens is 583 g/mol. The van der Waals surface area contributed by atoms with Gasteiger partial charge in [-0.25, -0.2) is 4.79 Å². The van der Waals surface area contributed by atoms with Gasteiger partial charge < -0.3 is 19.8 Å². The van der Waals surface area contributed by atoms with Crippen LogP contribution in [0.3, 0.4) is 0 Å². The molecule has 1 saturated carbocycles. The largest absolute Gasteiger partial charge is 0.478 e. The van der Waals surface area contributed by atoms with Gasteiger partial charge in [0.15, 0.2) is 5.69 Å². The number of aromatic carboxylic acids is 1. The molecule has 3 aromatic rings. The molecule has 2 aliphatic heterocycles. The number of amides is 1. The van der Waals surface area contributed by atoms with Gasteiger partial charge in [0, 0.05) is 67.1 Å². The monoisotopic (exact) mass is 615 g/mol. The molecule has 1 N–H and O–H groups in total. The van der Waals surface area contributed by atoms with Crippen LogP contribution in [0.25, 0.3) is 11.1 Å². The van der Waals surface area contributed by atoms with E-state index in [0.717, 1.165) is 78.8 Å². The Morgan fingerprint density at radius 1 is 0.907 bits per heavy atom. The quantitative estimate of drug-likeness (QED) is 0.355. The van der Waals surface area contributed by atoms with Crippen LogP contribution in [-0.2, 0) is 11.0 Å². The average Bonchev–Trinajstić information content (AvgIpc) is 3.44. The number of carboxylic acids is 1. The standard InChI is InChI=1S/C31H33ClF3N5O3/c32-22-8-11-25(20-6-9-23(10-7-20)37-13-15-38(16-14-37)29(41)21-3-1-4-21)27(17-22)39-12-2-5-24(19-39)40-28(31(33,34)35)26(18-36-40)30(42)43/h6-11,17-18,21,24H,1-5,12-16,19H2,(H,42,43). The molecule has 1 amide bonds. The predicted octanol–water partition coefficient (Wildman–Crippen LogP) is 6.21. The van der Waals surface area contributed by atoms with E-state index in [2.05, 4.69) is 22.1 Å². The molecule has 0 spiro atoms. The molecule has 2 aromatic carbocycles. The van der Waals surface area contributed by atoms with Crippen LogP contribution in [-0.4, -0.2) is 70.9 Å². The van der Waals surface area contributed by atoms with Crippen LogP contribution in [0.1, 0.15) is 54.2 Å². The van der Waals surface area contributed by atoms with Crippen LogP contribution < -0.4 is 9.80 Å². The molecule has 1 unspecified atom stereocenters. The molecule has 6 rings (SSSR count). The molecule has 1 aromatic heterocycles. The first-order valence-electron chi connectivity index (χ1n) is 14.7. The molecule has 3 aliphatic rings. The predicted molar refractivity (Wildman–Crippen MR) is 158 cm³/mol. The van der Waals surface area contributed by atoms with E-state index in [4.69, 9.17) is 11.6 Å². The molecule has 0 radical (unpaired) electrons. The number of aromatic nitrogens is 2. The van der Waals surface area contributed by atoms with Crippen molar-refractivity contribution in [3.8, 4) is 11.1 Å². The summed E-state index contributed by atoms with van der Waals surface area (Å²) in [5, 5.41) is 13.7. The summed E-state index contributed by atoms with van der Waals surface area (Å²) in [6.45, 7) is 3.81. The summed E-state index contributed by atoms with van der Waals surface area (Å²) in [6, 6.07) is 13.0. The molecule has 43 heavy (non-hydrogen) atoms. The minimum atomic E-state index is -4.85. The Hall–Kier alpha value is -3.73. The topological polar surface area (TPSA) is 81.9 Å². The molecule has 1 aliphatic carbocycles. The maximum Gasteiger partial charge on any atom is 0.433 e. The molecule has 1 atom stereocenters. The van der Waals surface area contributed by atoms with E-state index >= 15 is 0 Å². The third-order valence-corrected chi connectivity index (χ3v) is 9.16. The Labute approximate surface area is 252 Å². The van der Waals surface area contributed by atoms with Crippen molar-refractivity contribution in [1.82, 2.24) is 14.7 Å². The number of benzene rings is 2. The van der Waals surface area contributed by atoms with Crippen molar-refractivity contribution in [2.24, 2.45) is 5.92 Å². The van der Waals surface area contributed by atoms with Crippen molar-refractivity contribution in [1.29, 1.82) is 0 Å². The Balaban J connectivity index is 1.20. The summed E-state index contributed by atoms with van der Waals surface area (Å²) >= 11 is 6.40. The van der Waals surface area contributed by atoms with Gasteiger partial charge in [-0.1, -0.05) is 36.2 Å². The Bertz CT molecular complexity index is 1500. The van der Waals surface area contributed by atoms with E-state index in [1.807, 2.05) is 34.1 Å². The van der Waals surface area contributed by atoms with E-state index in [1.165, 1.54) is 0 Å². The fourth-order valence-corrected chi connectivity index (χ4v) is 6.58. The zero-order valence-electron chi connectivity index (χ0n) is 23.6. The van der Waals surface area contributed by atoms with Gasteiger partial charge in [-0.15, -0.1) is 0 Å². The normalized spacial score (nSPS) is 19.8. The fourth-order valence-electron chi connectivity index (χ4n) is 6.41. The third-order valence-electron chi connectivity index (χ3n) is 8.93. The lowest BCUT2D eigenvalue weighted by molar-refractivity contribution is -0.145. The minimum absolute atomic E-state index is 0.211. The van der Waals surface area contributed by atoms with Crippen LogP contribution in [0.15, 0.2) is 48.7 Å². The molecular formula is C31H33ClF3N5O3. The SMILES string of the molecule is O=C(O)c1cnn(C2CCCN(c3cc(Cl)ccc3-c3ccc(N4CCN(C(=O)C5CCC5)CC4)cc3)C2)c1C(F)(F)F. The van der Waals surface area contributed by atoms with Crippen molar-refractivity contribution in [3.05, 3.63) is 64.9 Å². The number of anilines is 2. The van der Waals surface area contributed by atoms with E-state index < -0.39 is 29.4 Å². The van der Waals surface area contributed by atoms with Gasteiger partial charge in [0.1, 0.15) is 5.56 Å². The number of carboxylic acid groups (broad SMARTS) is 1. The molecule has 3 heterocycles. The Morgan fingerprint density at radius 3 is 2.26 bits per heavy atom. The summed E-state index contributed by atoms with van der Waals surface area (Å²) in [5.41, 5.74) is 1.63. The highest BCUT2D eigenvalue weighted by Crippen LogP contribution is 2.39. The number of nitrogens with zero attached hydrogens (tertiary/aromatic N) is 5. The second-order valence-electron chi connectivity index (χ2n) is 11.5. The van der Waals surface area contributed by atoms with Crippen molar-refractivity contribution in [2.45, 2.75) is 44.3 Å². The highest BCUT2D eigenvalue weighted by molar-refractivity contribution is 6.31. The van der Waals surface area contributed by atoms with Crippen molar-refractivity contribution in [2.75, 3.05) is 49.1 Å². The minimum Gasteiger partial charge on any atom is -0.478 e. The van der Waals surface area contributed by atoms with Gasteiger partial charge in [-0.05, 0) is 55.5 Å². The highest BCUT2D eigenvalue weighted by Gasteiger charge is 2.42. The summed E-state index contributed by atoms with van der Waals surface area (Å²) in [4.78, 5) is 30.4. The van der Waals surface area contributed by atoms with Crippen LogP contribution in [0.2, 0.25) is 5.02 Å². The van der Waals surface area contributed by atoms with Gasteiger partial charge in [-0.2, -0.15) is 18.3 Å². The van der Waals surface area contributed by atoms with Gasteiger partial charge in [0.25, 0.3) is 0 Å². The lowest BCUT2D eigenvalue weighted by Gasteiger charge is -2.39. The first kappa shape index (κ1) is 29.3. The van der Waals surface area contributed by atoms with Crippen LogP contribution in [0.4, 0.5) is 24.5 Å². The average molecular weight is 616 g/mol. The summed E-state index contributed by atoms with van der Waals surface area (Å²) in [5.74, 6) is -1.15. The lowest BCUT2D eigenvalue weighted by atomic mass is 9.84. The first-order chi connectivity index (χ1) is 20.6. The second-order valence-corrected chi connectivity index (χ2v) is 12.0. The maximum atomic E-state index is 13.9. The summed E-state index contributed by atoms with van der Waals surface area (Å²) < 4.78 is 42.6. The Kier molecular flexibility index (Phi) is 8.02. The van der Waals surface area contributed by atoms with Crippen molar-refractivity contribution >= 4 is 34.9 Å². The van der Waals surface area contributed by atoms with Gasteiger partial charge in [0.2, 0.25) is 5.91 Å². The van der Waals surface area contributed by atoms with Crippen LogP contribution in [0, 0.1) is 5.92 Å². The van der Waals surface area contributed by atoms with E-state index in [-0.39, 0.29) is 12.5 Å². The third kappa shape index (κ3) is 5.91. The summed E-state index contributed by atoms with van der Waals surface area (Å²) in [7, 11) is 0. The van der Waals surface area contributed by atoms with Crippen LogP contribution >= 0.6 is 11.6 Å². The molecule has 3 fully saturated rings. The zero-order chi connectivity index (χ0) is 30.3. The fraction of sp³-hybridized carbons (Fsp3) is 0.452. The number of carbonyl (C=O) groups is 2. The van der Waals surface area contributed by atoms with Crippen LogP contribution in [0.5, 0.6) is 0 Å². The number of hydrogen-bond acceptors (Lipinski definition) is 5. The Morgan fingerprint density at radius 2 is 1.63 bits per heavy atom. The van der Waals surface area contributed by atoms with E-state index in [0.29, 0.717) is 30.3 Å². The number of hydrogen-bond donors (Lipinski definition) is 1. The number of halogens is 4.